The van der Waals surface area contributed by atoms with Crippen LogP contribution >= 0.6 is 0 Å². The van der Waals surface area contributed by atoms with Gasteiger partial charge in [0.05, 0.1) is 11.3 Å². The van der Waals surface area contributed by atoms with Crippen LogP contribution < -0.4 is 0 Å². The number of carboxylic acids is 1. The van der Waals surface area contributed by atoms with Crippen molar-refractivity contribution in [2.24, 2.45) is 0 Å². The van der Waals surface area contributed by atoms with E-state index in [1.807, 2.05) is 72.5 Å². The molecule has 1 atom stereocenters. The second-order valence-electron chi connectivity index (χ2n) is 6.95. The van der Waals surface area contributed by atoms with Gasteiger partial charge in [-0.2, -0.15) is 0 Å². The van der Waals surface area contributed by atoms with Gasteiger partial charge in [0.2, 0.25) is 5.91 Å². The first-order valence-corrected chi connectivity index (χ1v) is 9.21. The Labute approximate surface area is 154 Å². The minimum absolute atomic E-state index is 0.103. The first kappa shape index (κ1) is 18.2. The fourth-order valence-electron chi connectivity index (χ4n) is 3.95. The van der Waals surface area contributed by atoms with E-state index in [9.17, 15) is 14.7 Å². The summed E-state index contributed by atoms with van der Waals surface area (Å²) < 4.78 is 0. The molecule has 1 N–H and O–H groups in total. The minimum Gasteiger partial charge on any atom is -0.481 e. The Bertz CT molecular complexity index is 749. The molecule has 0 aromatic heterocycles. The van der Waals surface area contributed by atoms with Crippen molar-refractivity contribution in [2.75, 3.05) is 13.1 Å². The highest BCUT2D eigenvalue weighted by molar-refractivity contribution is 5.85. The third-order valence-electron chi connectivity index (χ3n) is 5.57. The maximum absolute atomic E-state index is 13.0. The molecule has 0 bridgehead atoms. The van der Waals surface area contributed by atoms with Gasteiger partial charge in [0.1, 0.15) is 0 Å². The molecule has 1 amide bonds. The van der Waals surface area contributed by atoms with E-state index in [1.54, 1.807) is 0 Å². The number of carbonyl (C=O) groups excluding carboxylic acids is 1. The SMILES string of the molecule is CCC(C(=O)N1CCC(C(=O)O)(c2ccccc2)CC1)c1ccccc1. The summed E-state index contributed by atoms with van der Waals surface area (Å²) in [6.45, 7) is 2.97. The van der Waals surface area contributed by atoms with E-state index in [1.165, 1.54) is 0 Å². The average molecular weight is 351 g/mol. The van der Waals surface area contributed by atoms with Gasteiger partial charge < -0.3 is 10.0 Å². The number of amides is 1. The van der Waals surface area contributed by atoms with Gasteiger partial charge in [-0.25, -0.2) is 0 Å². The van der Waals surface area contributed by atoms with Gasteiger partial charge >= 0.3 is 5.97 Å². The zero-order valence-corrected chi connectivity index (χ0v) is 15.1. The van der Waals surface area contributed by atoms with Crippen molar-refractivity contribution < 1.29 is 14.7 Å². The largest absolute Gasteiger partial charge is 0.481 e. The van der Waals surface area contributed by atoms with Crippen LogP contribution in [-0.2, 0) is 15.0 Å². The maximum Gasteiger partial charge on any atom is 0.314 e. The van der Waals surface area contributed by atoms with Gasteiger partial charge in [-0.15, -0.1) is 0 Å². The molecule has 2 aromatic carbocycles. The van der Waals surface area contributed by atoms with Crippen molar-refractivity contribution in [1.82, 2.24) is 4.90 Å². The van der Waals surface area contributed by atoms with Crippen LogP contribution in [0.4, 0.5) is 0 Å². The minimum atomic E-state index is -0.896. The molecule has 3 rings (SSSR count). The zero-order valence-electron chi connectivity index (χ0n) is 15.1. The summed E-state index contributed by atoms with van der Waals surface area (Å²) in [4.78, 5) is 26.9. The molecule has 4 nitrogen and oxygen atoms in total. The summed E-state index contributed by atoms with van der Waals surface area (Å²) in [5, 5.41) is 9.90. The topological polar surface area (TPSA) is 57.6 Å². The van der Waals surface area contributed by atoms with E-state index in [0.717, 1.165) is 17.5 Å². The fraction of sp³-hybridized carbons (Fsp3) is 0.364. The van der Waals surface area contributed by atoms with Crippen LogP contribution in [-0.4, -0.2) is 35.0 Å². The molecule has 1 unspecified atom stereocenters. The van der Waals surface area contributed by atoms with Gasteiger partial charge in [0, 0.05) is 13.1 Å². The smallest absolute Gasteiger partial charge is 0.314 e. The molecule has 2 aromatic rings. The van der Waals surface area contributed by atoms with E-state index in [4.69, 9.17) is 0 Å². The Hall–Kier alpha value is -2.62. The third-order valence-corrected chi connectivity index (χ3v) is 5.57. The van der Waals surface area contributed by atoms with E-state index >= 15 is 0 Å². The standard InChI is InChI=1S/C22H25NO3/c1-2-19(17-9-5-3-6-10-17)20(24)23-15-13-22(14-16-23,21(25)26)18-11-7-4-8-12-18/h3-12,19H,2,13-16H2,1H3,(H,25,26). The van der Waals surface area contributed by atoms with Crippen molar-refractivity contribution >= 4 is 11.9 Å². The number of carboxylic acid groups (broad SMARTS) is 1. The molecule has 1 saturated heterocycles. The maximum atomic E-state index is 13.0. The number of rotatable bonds is 5. The summed E-state index contributed by atoms with van der Waals surface area (Å²) in [7, 11) is 0. The second kappa shape index (κ2) is 7.73. The summed E-state index contributed by atoms with van der Waals surface area (Å²) in [6, 6.07) is 19.2. The van der Waals surface area contributed by atoms with Crippen molar-refractivity contribution in [3.05, 3.63) is 71.8 Å². The van der Waals surface area contributed by atoms with Crippen LogP contribution in [0.25, 0.3) is 0 Å². The quantitative estimate of drug-likeness (QED) is 0.891. The molecule has 1 aliphatic heterocycles. The lowest BCUT2D eigenvalue weighted by Crippen LogP contribution is -2.50. The van der Waals surface area contributed by atoms with Crippen LogP contribution in [0.5, 0.6) is 0 Å². The number of aliphatic carboxylic acids is 1. The predicted molar refractivity (Wildman–Crippen MR) is 101 cm³/mol. The molecule has 0 aliphatic carbocycles. The number of likely N-dealkylation sites (tertiary alicyclic amines) is 1. The molecule has 136 valence electrons. The van der Waals surface area contributed by atoms with E-state index in [2.05, 4.69) is 0 Å². The summed E-state index contributed by atoms with van der Waals surface area (Å²) in [5.41, 5.74) is 0.958. The number of carbonyl (C=O) groups is 2. The molecule has 1 aliphatic rings. The highest BCUT2D eigenvalue weighted by atomic mass is 16.4. The molecule has 0 spiro atoms. The number of hydrogen-bond donors (Lipinski definition) is 1. The number of nitrogens with zero attached hydrogens (tertiary/aromatic N) is 1. The molecule has 0 saturated carbocycles. The lowest BCUT2D eigenvalue weighted by molar-refractivity contribution is -0.148. The van der Waals surface area contributed by atoms with Gasteiger partial charge in [-0.3, -0.25) is 9.59 Å². The molecular weight excluding hydrogens is 326 g/mol. The van der Waals surface area contributed by atoms with Crippen molar-refractivity contribution in [2.45, 2.75) is 37.5 Å². The molecule has 1 heterocycles. The van der Waals surface area contributed by atoms with Crippen molar-refractivity contribution in [1.29, 1.82) is 0 Å². The van der Waals surface area contributed by atoms with E-state index in [0.29, 0.717) is 25.9 Å². The van der Waals surface area contributed by atoms with E-state index < -0.39 is 11.4 Å². The third kappa shape index (κ3) is 3.36. The monoisotopic (exact) mass is 351 g/mol. The number of benzene rings is 2. The van der Waals surface area contributed by atoms with E-state index in [-0.39, 0.29) is 11.8 Å². The lowest BCUT2D eigenvalue weighted by Gasteiger charge is -2.40. The van der Waals surface area contributed by atoms with Crippen LogP contribution in [0.15, 0.2) is 60.7 Å². The summed E-state index contributed by atoms with van der Waals surface area (Å²) in [6.07, 6.45) is 1.63. The van der Waals surface area contributed by atoms with Crippen LogP contribution in [0.3, 0.4) is 0 Å². The first-order chi connectivity index (χ1) is 12.6. The van der Waals surface area contributed by atoms with Gasteiger partial charge in [-0.1, -0.05) is 67.6 Å². The Kier molecular flexibility index (Phi) is 5.40. The Balaban J connectivity index is 1.76. The highest BCUT2D eigenvalue weighted by Crippen LogP contribution is 2.37. The van der Waals surface area contributed by atoms with Crippen molar-refractivity contribution in [3.63, 3.8) is 0 Å². The Morgan fingerprint density at radius 2 is 1.54 bits per heavy atom. The molecule has 1 fully saturated rings. The average Bonchev–Trinajstić information content (AvgIpc) is 2.70. The van der Waals surface area contributed by atoms with Crippen molar-refractivity contribution in [3.8, 4) is 0 Å². The molecule has 26 heavy (non-hydrogen) atoms. The highest BCUT2D eigenvalue weighted by Gasteiger charge is 2.44. The Morgan fingerprint density at radius 3 is 2.04 bits per heavy atom. The van der Waals surface area contributed by atoms with Crippen LogP contribution in [0, 0.1) is 0 Å². The summed E-state index contributed by atoms with van der Waals surface area (Å²) in [5.74, 6) is -0.859. The summed E-state index contributed by atoms with van der Waals surface area (Å²) >= 11 is 0. The predicted octanol–water partition coefficient (Wildman–Crippen LogP) is 3.83. The number of hydrogen-bond acceptors (Lipinski definition) is 2. The fourth-order valence-corrected chi connectivity index (χ4v) is 3.95. The normalized spacial score (nSPS) is 17.5. The van der Waals surface area contributed by atoms with Gasteiger partial charge in [0.25, 0.3) is 0 Å². The van der Waals surface area contributed by atoms with Gasteiger partial charge in [-0.05, 0) is 30.4 Å². The second-order valence-corrected chi connectivity index (χ2v) is 6.95. The van der Waals surface area contributed by atoms with Crippen LogP contribution in [0.1, 0.15) is 43.2 Å². The lowest BCUT2D eigenvalue weighted by atomic mass is 9.72. The molecule has 0 radical (unpaired) electrons. The molecular formula is C22H25NO3. The van der Waals surface area contributed by atoms with Gasteiger partial charge in [0.15, 0.2) is 0 Å². The number of piperidine rings is 1. The Morgan fingerprint density at radius 1 is 1.00 bits per heavy atom. The first-order valence-electron chi connectivity index (χ1n) is 9.21. The molecule has 4 heteroatoms. The van der Waals surface area contributed by atoms with Crippen LogP contribution in [0.2, 0.25) is 0 Å². The zero-order chi connectivity index (χ0) is 18.6.